The average Bonchev–Trinajstić information content (AvgIpc) is 3.44. The molecule has 0 aliphatic heterocycles. The summed E-state index contributed by atoms with van der Waals surface area (Å²) in [5, 5.41) is 3.10. The van der Waals surface area contributed by atoms with E-state index in [4.69, 9.17) is 0 Å². The van der Waals surface area contributed by atoms with Crippen LogP contribution in [-0.4, -0.2) is 38.9 Å². The molecule has 2 fully saturated rings. The third-order valence-electron chi connectivity index (χ3n) is 4.99. The second-order valence-corrected chi connectivity index (χ2v) is 6.90. The Morgan fingerprint density at radius 2 is 2.22 bits per heavy atom. The minimum Gasteiger partial charge on any atom is -0.338 e. The summed E-state index contributed by atoms with van der Waals surface area (Å²) in [6.45, 7) is 2.85. The average molecular weight is 312 g/mol. The van der Waals surface area contributed by atoms with E-state index >= 15 is 0 Å². The standard InChI is InChI=1S/C18H24N4O/c1-13(14-5-6-14)22(16-7-8-16)18(23)19-10-9-15-12-21-11-3-2-4-17(21)20-15/h2-4,11-14,16H,5-10H2,1H3,(H,19,23). The first kappa shape index (κ1) is 14.5. The zero-order valence-corrected chi connectivity index (χ0v) is 13.6. The Balaban J connectivity index is 1.33. The number of nitrogens with one attached hydrogen (secondary N) is 1. The number of hydrogen-bond donors (Lipinski definition) is 1. The number of hydrogen-bond acceptors (Lipinski definition) is 2. The molecular formula is C18H24N4O. The smallest absolute Gasteiger partial charge is 0.317 e. The highest BCUT2D eigenvalue weighted by Crippen LogP contribution is 2.39. The summed E-state index contributed by atoms with van der Waals surface area (Å²) in [7, 11) is 0. The second-order valence-electron chi connectivity index (χ2n) is 6.90. The molecule has 2 aromatic rings. The van der Waals surface area contributed by atoms with Gasteiger partial charge in [-0.3, -0.25) is 0 Å². The van der Waals surface area contributed by atoms with Gasteiger partial charge in [0.25, 0.3) is 0 Å². The largest absolute Gasteiger partial charge is 0.338 e. The fourth-order valence-electron chi connectivity index (χ4n) is 3.34. The highest BCUT2D eigenvalue weighted by molar-refractivity contribution is 5.75. The predicted octanol–water partition coefficient (Wildman–Crippen LogP) is 2.85. The highest BCUT2D eigenvalue weighted by Gasteiger charge is 2.41. The third kappa shape index (κ3) is 3.19. The molecule has 2 aliphatic carbocycles. The molecule has 5 heteroatoms. The zero-order valence-electron chi connectivity index (χ0n) is 13.6. The van der Waals surface area contributed by atoms with E-state index in [9.17, 15) is 4.79 Å². The maximum Gasteiger partial charge on any atom is 0.317 e. The van der Waals surface area contributed by atoms with Crippen molar-refractivity contribution in [2.75, 3.05) is 6.54 Å². The maximum absolute atomic E-state index is 12.5. The number of carbonyl (C=O) groups is 1. The van der Waals surface area contributed by atoms with Crippen LogP contribution in [0.5, 0.6) is 0 Å². The molecule has 0 bridgehead atoms. The summed E-state index contributed by atoms with van der Waals surface area (Å²) >= 11 is 0. The van der Waals surface area contributed by atoms with E-state index in [1.54, 1.807) is 0 Å². The van der Waals surface area contributed by atoms with E-state index in [1.165, 1.54) is 12.8 Å². The molecule has 5 nitrogen and oxygen atoms in total. The van der Waals surface area contributed by atoms with Gasteiger partial charge in [-0.15, -0.1) is 0 Å². The van der Waals surface area contributed by atoms with Crippen molar-refractivity contribution in [3.05, 3.63) is 36.3 Å². The van der Waals surface area contributed by atoms with E-state index in [2.05, 4.69) is 22.1 Å². The quantitative estimate of drug-likeness (QED) is 0.891. The summed E-state index contributed by atoms with van der Waals surface area (Å²) in [4.78, 5) is 19.2. The third-order valence-corrected chi connectivity index (χ3v) is 4.99. The predicted molar refractivity (Wildman–Crippen MR) is 89.3 cm³/mol. The Bertz CT molecular complexity index is 669. The monoisotopic (exact) mass is 312 g/mol. The van der Waals surface area contributed by atoms with Crippen LogP contribution in [0, 0.1) is 5.92 Å². The van der Waals surface area contributed by atoms with E-state index < -0.39 is 0 Å². The minimum atomic E-state index is 0.107. The van der Waals surface area contributed by atoms with Crippen LogP contribution in [-0.2, 0) is 6.42 Å². The lowest BCUT2D eigenvalue weighted by Crippen LogP contribution is -2.47. The lowest BCUT2D eigenvalue weighted by Gasteiger charge is -2.29. The fraction of sp³-hybridized carbons (Fsp3) is 0.556. The van der Waals surface area contributed by atoms with Crippen molar-refractivity contribution in [3.63, 3.8) is 0 Å². The summed E-state index contributed by atoms with van der Waals surface area (Å²) < 4.78 is 2.02. The van der Waals surface area contributed by atoms with Crippen LogP contribution in [0.2, 0.25) is 0 Å². The van der Waals surface area contributed by atoms with E-state index in [0.717, 1.165) is 36.5 Å². The van der Waals surface area contributed by atoms with Crippen LogP contribution in [0.3, 0.4) is 0 Å². The lowest BCUT2D eigenvalue weighted by molar-refractivity contribution is 0.167. The van der Waals surface area contributed by atoms with Gasteiger partial charge in [-0.2, -0.15) is 0 Å². The number of amides is 2. The van der Waals surface area contributed by atoms with Gasteiger partial charge in [0.05, 0.1) is 5.69 Å². The number of aromatic nitrogens is 2. The van der Waals surface area contributed by atoms with Gasteiger partial charge in [-0.05, 0) is 50.7 Å². The first-order valence-electron chi connectivity index (χ1n) is 8.71. The molecule has 1 unspecified atom stereocenters. The van der Waals surface area contributed by atoms with Gasteiger partial charge in [-0.25, -0.2) is 9.78 Å². The Morgan fingerprint density at radius 3 is 2.91 bits per heavy atom. The molecule has 0 saturated heterocycles. The minimum absolute atomic E-state index is 0.107. The van der Waals surface area contributed by atoms with Gasteiger partial charge in [0.2, 0.25) is 0 Å². The van der Waals surface area contributed by atoms with Crippen LogP contribution < -0.4 is 5.32 Å². The molecule has 2 aromatic heterocycles. The normalized spacial score (nSPS) is 18.8. The molecule has 23 heavy (non-hydrogen) atoms. The lowest BCUT2D eigenvalue weighted by atomic mass is 10.2. The van der Waals surface area contributed by atoms with Gasteiger partial charge in [0, 0.05) is 37.4 Å². The Kier molecular flexibility index (Phi) is 3.71. The number of rotatable bonds is 6. The fourth-order valence-corrected chi connectivity index (χ4v) is 3.34. The number of imidazole rings is 1. The molecule has 2 amide bonds. The molecule has 0 spiro atoms. The van der Waals surface area contributed by atoms with Crippen molar-refractivity contribution in [1.82, 2.24) is 19.6 Å². The number of fused-ring (bicyclic) bond motifs is 1. The van der Waals surface area contributed by atoms with Crippen molar-refractivity contribution in [3.8, 4) is 0 Å². The van der Waals surface area contributed by atoms with E-state index in [0.29, 0.717) is 18.6 Å². The molecule has 4 rings (SSSR count). The van der Waals surface area contributed by atoms with Gasteiger partial charge in [0.15, 0.2) is 0 Å². The number of nitrogens with zero attached hydrogens (tertiary/aromatic N) is 3. The van der Waals surface area contributed by atoms with Crippen molar-refractivity contribution < 1.29 is 4.79 Å². The van der Waals surface area contributed by atoms with E-state index in [1.807, 2.05) is 35.0 Å². The van der Waals surface area contributed by atoms with Gasteiger partial charge in [0.1, 0.15) is 5.65 Å². The zero-order chi connectivity index (χ0) is 15.8. The van der Waals surface area contributed by atoms with Crippen LogP contribution in [0.1, 0.15) is 38.3 Å². The van der Waals surface area contributed by atoms with Gasteiger partial charge in [-0.1, -0.05) is 6.07 Å². The van der Waals surface area contributed by atoms with Crippen molar-refractivity contribution >= 4 is 11.7 Å². The molecule has 2 aliphatic rings. The summed E-state index contributed by atoms with van der Waals surface area (Å²) in [6.07, 6.45) is 9.68. The van der Waals surface area contributed by atoms with Crippen molar-refractivity contribution in [2.24, 2.45) is 5.92 Å². The number of pyridine rings is 1. The molecule has 122 valence electrons. The molecule has 0 radical (unpaired) electrons. The molecule has 0 aromatic carbocycles. The summed E-state index contributed by atoms with van der Waals surface area (Å²) in [5.41, 5.74) is 1.97. The Morgan fingerprint density at radius 1 is 1.39 bits per heavy atom. The topological polar surface area (TPSA) is 49.6 Å². The van der Waals surface area contributed by atoms with Crippen LogP contribution in [0.25, 0.3) is 5.65 Å². The summed E-state index contributed by atoms with van der Waals surface area (Å²) in [5.74, 6) is 0.722. The summed E-state index contributed by atoms with van der Waals surface area (Å²) in [6, 6.07) is 6.94. The molecule has 2 heterocycles. The molecular weight excluding hydrogens is 288 g/mol. The van der Waals surface area contributed by atoms with E-state index in [-0.39, 0.29) is 6.03 Å². The Labute approximate surface area is 136 Å². The SMILES string of the molecule is CC(C1CC1)N(C(=O)NCCc1cn2ccccc2n1)C1CC1. The van der Waals surface area contributed by atoms with Crippen molar-refractivity contribution in [1.29, 1.82) is 0 Å². The highest BCUT2D eigenvalue weighted by atomic mass is 16.2. The van der Waals surface area contributed by atoms with Gasteiger partial charge < -0.3 is 14.6 Å². The maximum atomic E-state index is 12.5. The van der Waals surface area contributed by atoms with Crippen LogP contribution in [0.15, 0.2) is 30.6 Å². The van der Waals surface area contributed by atoms with Crippen LogP contribution >= 0.6 is 0 Å². The van der Waals surface area contributed by atoms with Gasteiger partial charge >= 0.3 is 6.03 Å². The van der Waals surface area contributed by atoms with Crippen molar-refractivity contribution in [2.45, 2.75) is 51.1 Å². The number of urea groups is 1. The Hall–Kier alpha value is -2.04. The number of carbonyl (C=O) groups excluding carboxylic acids is 1. The molecule has 2 saturated carbocycles. The second kappa shape index (κ2) is 5.87. The van der Waals surface area contributed by atoms with Crippen LogP contribution in [0.4, 0.5) is 4.79 Å². The first-order chi connectivity index (χ1) is 11.2. The molecule has 1 atom stereocenters. The molecule has 1 N–H and O–H groups in total. The first-order valence-corrected chi connectivity index (χ1v) is 8.71.